The first-order valence-electron chi connectivity index (χ1n) is 13.7. The number of rotatable bonds is 5. The van der Waals surface area contributed by atoms with Crippen LogP contribution in [0.3, 0.4) is 0 Å². The van der Waals surface area contributed by atoms with Crippen LogP contribution in [-0.4, -0.2) is 6.15 Å². The second-order valence-electron chi connectivity index (χ2n) is 9.82. The van der Waals surface area contributed by atoms with Gasteiger partial charge < -0.3 is 0 Å². The van der Waals surface area contributed by atoms with Gasteiger partial charge in [-0.1, -0.05) is 157 Å². The number of allylic oxidation sites excluding steroid dienone is 5. The smallest absolute Gasteiger partial charge is 0.108 e. The Morgan fingerprint density at radius 1 is 0.550 bits per heavy atom. The van der Waals surface area contributed by atoms with Gasteiger partial charge in [-0.3, -0.25) is 0 Å². The first-order chi connectivity index (χ1) is 19.7. The van der Waals surface area contributed by atoms with Gasteiger partial charge >= 0.3 is 57.3 Å². The molecule has 0 fully saturated rings. The molecule has 0 unspecified atom stereocenters. The zero-order chi connectivity index (χ0) is 28.0. The quantitative estimate of drug-likeness (QED) is 0.204. The maximum Gasteiger partial charge on any atom is 0.108 e. The van der Waals surface area contributed by atoms with Crippen LogP contribution in [0.4, 0.5) is 0 Å². The van der Waals surface area contributed by atoms with E-state index in [-0.39, 0.29) is 0 Å². The third-order valence-electron chi connectivity index (χ3n) is 7.25. The van der Waals surface area contributed by atoms with Gasteiger partial charge in [0.2, 0.25) is 0 Å². The number of hydrogen-bond acceptors (Lipinski definition) is 0. The predicted molar refractivity (Wildman–Crippen MR) is 172 cm³/mol. The molecule has 5 aromatic rings. The normalized spacial score (nSPS) is 12.1. The molecule has 0 N–H and O–H groups in total. The van der Waals surface area contributed by atoms with Crippen molar-refractivity contribution in [3.05, 3.63) is 192 Å². The van der Waals surface area contributed by atoms with Crippen LogP contribution in [0, 0.1) is 6.92 Å². The topological polar surface area (TPSA) is 0 Å². The first-order valence-corrected chi connectivity index (χ1v) is 14.3. The Morgan fingerprint density at radius 3 is 1.07 bits per heavy atom. The average Bonchev–Trinajstić information content (AvgIpc) is 3.46. The molecular formula is C38H35BFe-. The molecule has 0 nitrogen and oxygen atoms in total. The number of hydrogen-bond donors (Lipinski definition) is 0. The largest absolute Gasteiger partial charge is 0.195 e. The minimum atomic E-state index is -1.22. The van der Waals surface area contributed by atoms with Crippen molar-refractivity contribution in [2.45, 2.75) is 13.3 Å². The summed E-state index contributed by atoms with van der Waals surface area (Å²) in [5, 5.41) is 0. The monoisotopic (exact) mass is 558 g/mol. The fraction of sp³-hybridized carbons (Fsp3) is 0.0526. The Hall–Kier alpha value is -4.10. The summed E-state index contributed by atoms with van der Waals surface area (Å²) in [5.74, 6) is 0. The molecular weight excluding hydrogens is 523 g/mol. The fourth-order valence-corrected chi connectivity index (χ4v) is 5.66. The van der Waals surface area contributed by atoms with Gasteiger partial charge in [0.05, 0.1) is 0 Å². The Balaban J connectivity index is 0.000000200. The molecule has 0 radical (unpaired) electrons. The Morgan fingerprint density at radius 2 is 0.875 bits per heavy atom. The summed E-state index contributed by atoms with van der Waals surface area (Å²) in [6.45, 7) is 5.73. The van der Waals surface area contributed by atoms with Crippen molar-refractivity contribution in [1.29, 1.82) is 0 Å². The first kappa shape index (κ1) is 28.9. The molecule has 0 bridgehead atoms. The summed E-state index contributed by atoms with van der Waals surface area (Å²) < 4.78 is 1.18. The van der Waals surface area contributed by atoms with E-state index in [9.17, 15) is 0 Å². The van der Waals surface area contributed by atoms with E-state index in [1.165, 1.54) is 37.5 Å². The van der Waals surface area contributed by atoms with Gasteiger partial charge in [-0.2, -0.15) is 21.9 Å². The second-order valence-corrected chi connectivity index (χ2v) is 10.5. The summed E-state index contributed by atoms with van der Waals surface area (Å²) in [5.41, 5.74) is 7.86. The van der Waals surface area contributed by atoms with Crippen LogP contribution < -0.4 is 21.9 Å². The van der Waals surface area contributed by atoms with Gasteiger partial charge in [0.25, 0.3) is 0 Å². The van der Waals surface area contributed by atoms with E-state index in [0.29, 0.717) is 0 Å². The zero-order valence-corrected chi connectivity index (χ0v) is 24.1. The van der Waals surface area contributed by atoms with Crippen molar-refractivity contribution >= 4 is 28.0 Å². The molecule has 0 amide bonds. The van der Waals surface area contributed by atoms with Gasteiger partial charge in [-0.05, 0) is 6.92 Å². The van der Waals surface area contributed by atoms with E-state index in [2.05, 4.69) is 175 Å². The standard InChI is InChI=1S/C24H20B.C7H8.C7H7.Fe/c1-5-13-21(14-6-1)25(22-15-7-2-8-16-22,23-17-9-3-10-18-23)24-19-11-4-12-20-24;1-7-5-3-2-4-6-7;1-2-7-5-3-4-6-7;/h1-20H;2-6H,1H3;2-3,5H,1,4H2;/q-1;;;. The van der Waals surface area contributed by atoms with Gasteiger partial charge in [-0.25, -0.2) is 0 Å². The van der Waals surface area contributed by atoms with Gasteiger partial charge in [0, 0.05) is 0 Å². The minimum Gasteiger partial charge on any atom is -0.195 e. The molecule has 6 rings (SSSR count). The van der Waals surface area contributed by atoms with Crippen LogP contribution in [0.2, 0.25) is 0 Å². The second kappa shape index (κ2) is 14.9. The zero-order valence-electron chi connectivity index (χ0n) is 23.0. The molecule has 0 aliphatic heterocycles. The van der Waals surface area contributed by atoms with Crippen LogP contribution in [-0.2, 0) is 16.0 Å². The van der Waals surface area contributed by atoms with E-state index in [1.54, 1.807) is 0 Å². The molecule has 0 atom stereocenters. The summed E-state index contributed by atoms with van der Waals surface area (Å²) in [4.78, 5) is 0. The van der Waals surface area contributed by atoms with Crippen molar-refractivity contribution < 1.29 is 16.0 Å². The van der Waals surface area contributed by atoms with E-state index in [1.807, 2.05) is 24.3 Å². The molecule has 1 aliphatic carbocycles. The Labute approximate surface area is 248 Å². The third-order valence-corrected chi connectivity index (χ3v) is 7.80. The van der Waals surface area contributed by atoms with Crippen molar-refractivity contribution in [3.8, 4) is 0 Å². The molecule has 0 saturated heterocycles. The summed E-state index contributed by atoms with van der Waals surface area (Å²) in [6, 6.07) is 53.8. The van der Waals surface area contributed by atoms with E-state index in [0.717, 1.165) is 6.42 Å². The SMILES string of the molecule is C=CC1=[C]([Fe])CC=C1.Cc1ccccc1.c1ccc([B-](c2ccccc2)(c2ccccc2)c2ccccc2)cc1. The molecule has 0 aromatic heterocycles. The van der Waals surface area contributed by atoms with Gasteiger partial charge in [-0.15, -0.1) is 0 Å². The summed E-state index contributed by atoms with van der Waals surface area (Å²) >= 11 is 3.84. The molecule has 0 saturated carbocycles. The van der Waals surface area contributed by atoms with Crippen molar-refractivity contribution in [2.24, 2.45) is 0 Å². The number of aryl methyl sites for hydroxylation is 1. The van der Waals surface area contributed by atoms with E-state index >= 15 is 0 Å². The van der Waals surface area contributed by atoms with Crippen LogP contribution in [0.1, 0.15) is 12.0 Å². The molecule has 2 heteroatoms. The van der Waals surface area contributed by atoms with Crippen LogP contribution in [0.15, 0.2) is 187 Å². The van der Waals surface area contributed by atoms with Crippen LogP contribution in [0.5, 0.6) is 0 Å². The minimum absolute atomic E-state index is 1.00. The fourth-order valence-electron chi connectivity index (χ4n) is 5.32. The summed E-state index contributed by atoms with van der Waals surface area (Å²) in [6.07, 6.45) is 5.77. The Kier molecular flexibility index (Phi) is 10.8. The maximum atomic E-state index is 3.84. The molecule has 0 heterocycles. The predicted octanol–water partition coefficient (Wildman–Crippen LogP) is 6.99. The molecule has 199 valence electrons. The van der Waals surface area contributed by atoms with Crippen molar-refractivity contribution in [1.82, 2.24) is 0 Å². The van der Waals surface area contributed by atoms with Crippen LogP contribution in [0.25, 0.3) is 0 Å². The average molecular weight is 558 g/mol. The van der Waals surface area contributed by atoms with Crippen molar-refractivity contribution in [3.63, 3.8) is 0 Å². The van der Waals surface area contributed by atoms with Crippen molar-refractivity contribution in [2.75, 3.05) is 0 Å². The maximum absolute atomic E-state index is 3.84. The third kappa shape index (κ3) is 7.10. The Bertz CT molecular complexity index is 1340. The molecule has 1 aliphatic rings. The van der Waals surface area contributed by atoms with Crippen LogP contribution >= 0.6 is 0 Å². The molecule has 0 spiro atoms. The number of benzene rings is 5. The van der Waals surface area contributed by atoms with E-state index < -0.39 is 6.15 Å². The molecule has 5 aromatic carbocycles. The van der Waals surface area contributed by atoms with E-state index in [4.69, 9.17) is 0 Å². The molecule has 40 heavy (non-hydrogen) atoms. The van der Waals surface area contributed by atoms with Gasteiger partial charge in [0.15, 0.2) is 0 Å². The summed E-state index contributed by atoms with van der Waals surface area (Å²) in [7, 11) is 0. The van der Waals surface area contributed by atoms with Gasteiger partial charge in [0.1, 0.15) is 6.15 Å².